The number of rotatable bonds is 3. The summed E-state index contributed by atoms with van der Waals surface area (Å²) in [7, 11) is 0. The quantitative estimate of drug-likeness (QED) is 0.673. The molecule has 154 valence electrons. The van der Waals surface area contributed by atoms with Crippen LogP contribution in [0.3, 0.4) is 0 Å². The third-order valence-electron chi connectivity index (χ3n) is 6.26. The largest absolute Gasteiger partial charge is 0.356 e. The summed E-state index contributed by atoms with van der Waals surface area (Å²) >= 11 is 0. The molecule has 7 heteroatoms. The van der Waals surface area contributed by atoms with Crippen LogP contribution in [0.5, 0.6) is 0 Å². The molecule has 5 rings (SSSR count). The predicted octanol–water partition coefficient (Wildman–Crippen LogP) is 3.17. The van der Waals surface area contributed by atoms with Crippen LogP contribution in [0, 0.1) is 12.8 Å². The van der Waals surface area contributed by atoms with Crippen molar-refractivity contribution in [2.45, 2.75) is 32.6 Å². The fourth-order valence-corrected chi connectivity index (χ4v) is 4.60. The topological polar surface area (TPSA) is 67.2 Å². The number of hydrogen-bond acceptors (Lipinski definition) is 5. The van der Waals surface area contributed by atoms with Crippen molar-refractivity contribution in [3.05, 3.63) is 60.4 Å². The summed E-state index contributed by atoms with van der Waals surface area (Å²) in [4.78, 5) is 30.7. The molecule has 0 radical (unpaired) electrons. The van der Waals surface area contributed by atoms with Crippen molar-refractivity contribution in [3.8, 4) is 5.82 Å². The summed E-state index contributed by atoms with van der Waals surface area (Å²) in [6, 6.07) is 10.3. The van der Waals surface area contributed by atoms with Gasteiger partial charge in [0.25, 0.3) is 0 Å². The van der Waals surface area contributed by atoms with Crippen molar-refractivity contribution < 1.29 is 4.79 Å². The Hall–Kier alpha value is -3.22. The van der Waals surface area contributed by atoms with Crippen molar-refractivity contribution in [2.75, 3.05) is 29.4 Å². The molecule has 7 nitrogen and oxygen atoms in total. The Morgan fingerprint density at radius 3 is 2.63 bits per heavy atom. The molecule has 0 unspecified atom stereocenters. The number of para-hydroxylation sites is 1. The van der Waals surface area contributed by atoms with Gasteiger partial charge in [-0.25, -0.2) is 15.0 Å². The van der Waals surface area contributed by atoms with E-state index in [0.29, 0.717) is 0 Å². The molecule has 0 saturated carbocycles. The highest BCUT2D eigenvalue weighted by Gasteiger charge is 2.31. The van der Waals surface area contributed by atoms with E-state index in [0.717, 1.165) is 68.5 Å². The number of carbonyl (C=O) groups excluding carboxylic acids is 1. The lowest BCUT2D eigenvalue weighted by atomic mass is 9.93. The molecule has 0 aliphatic carbocycles. The van der Waals surface area contributed by atoms with Gasteiger partial charge in [0.15, 0.2) is 0 Å². The van der Waals surface area contributed by atoms with E-state index in [2.05, 4.69) is 38.1 Å². The van der Waals surface area contributed by atoms with Crippen LogP contribution in [0.4, 0.5) is 11.5 Å². The summed E-state index contributed by atoms with van der Waals surface area (Å²) < 4.78 is 1.95. The first kappa shape index (κ1) is 18.8. The molecule has 3 aromatic rings. The van der Waals surface area contributed by atoms with Gasteiger partial charge in [0.2, 0.25) is 5.91 Å². The van der Waals surface area contributed by atoms with E-state index in [-0.39, 0.29) is 11.8 Å². The summed E-state index contributed by atoms with van der Waals surface area (Å²) in [5, 5.41) is 0. The van der Waals surface area contributed by atoms with E-state index in [1.54, 1.807) is 12.5 Å². The van der Waals surface area contributed by atoms with Gasteiger partial charge in [-0.3, -0.25) is 9.36 Å². The van der Waals surface area contributed by atoms with Gasteiger partial charge < -0.3 is 9.80 Å². The number of piperidine rings is 1. The molecule has 4 heterocycles. The number of amides is 1. The fourth-order valence-electron chi connectivity index (χ4n) is 4.60. The molecule has 1 saturated heterocycles. The number of imidazole rings is 1. The lowest BCUT2D eigenvalue weighted by molar-refractivity contribution is -0.123. The van der Waals surface area contributed by atoms with Crippen LogP contribution in [0.25, 0.3) is 5.82 Å². The summed E-state index contributed by atoms with van der Waals surface area (Å²) in [5.74, 6) is 2.97. The minimum Gasteiger partial charge on any atom is -0.356 e. The Bertz CT molecular complexity index is 1050. The maximum Gasteiger partial charge on any atom is 0.230 e. The number of anilines is 2. The average Bonchev–Trinajstić information content (AvgIpc) is 3.24. The van der Waals surface area contributed by atoms with E-state index in [1.165, 1.54) is 5.56 Å². The zero-order chi connectivity index (χ0) is 20.5. The van der Waals surface area contributed by atoms with Crippen molar-refractivity contribution >= 4 is 17.4 Å². The molecule has 1 amide bonds. The molecule has 1 aromatic carbocycles. The molecule has 2 aliphatic heterocycles. The fraction of sp³-hybridized carbons (Fsp3) is 0.391. The van der Waals surface area contributed by atoms with Gasteiger partial charge in [-0.2, -0.15) is 0 Å². The van der Waals surface area contributed by atoms with Gasteiger partial charge in [-0.15, -0.1) is 0 Å². The Kier molecular flexibility index (Phi) is 4.94. The van der Waals surface area contributed by atoms with E-state index in [9.17, 15) is 4.79 Å². The Labute approximate surface area is 176 Å². The zero-order valence-electron chi connectivity index (χ0n) is 17.2. The SMILES string of the molecule is Cc1nccn1-c1cc(N2CCC(C(=O)N3CCCc4ccccc43)CC2)ncn1. The first-order valence-corrected chi connectivity index (χ1v) is 10.7. The number of nitrogens with zero attached hydrogens (tertiary/aromatic N) is 6. The Morgan fingerprint density at radius 1 is 1.03 bits per heavy atom. The number of aryl methyl sites for hydroxylation is 2. The first-order valence-electron chi connectivity index (χ1n) is 10.7. The van der Waals surface area contributed by atoms with Crippen LogP contribution >= 0.6 is 0 Å². The monoisotopic (exact) mass is 402 g/mol. The van der Waals surface area contributed by atoms with E-state index < -0.39 is 0 Å². The Morgan fingerprint density at radius 2 is 1.83 bits per heavy atom. The van der Waals surface area contributed by atoms with Crippen molar-refractivity contribution in [3.63, 3.8) is 0 Å². The van der Waals surface area contributed by atoms with Crippen LogP contribution in [-0.2, 0) is 11.2 Å². The van der Waals surface area contributed by atoms with Crippen molar-refractivity contribution in [1.29, 1.82) is 0 Å². The number of aromatic nitrogens is 4. The molecule has 2 aromatic heterocycles. The minimum atomic E-state index is 0.0737. The van der Waals surface area contributed by atoms with Crippen LogP contribution in [0.1, 0.15) is 30.7 Å². The molecule has 0 atom stereocenters. The Balaban J connectivity index is 1.27. The van der Waals surface area contributed by atoms with Gasteiger partial charge in [-0.05, 0) is 44.2 Å². The number of hydrogen-bond donors (Lipinski definition) is 0. The second-order valence-corrected chi connectivity index (χ2v) is 8.06. The zero-order valence-corrected chi connectivity index (χ0v) is 17.2. The number of benzene rings is 1. The van der Waals surface area contributed by atoms with Crippen LogP contribution in [-0.4, -0.2) is 45.1 Å². The van der Waals surface area contributed by atoms with Gasteiger partial charge in [0.1, 0.15) is 23.8 Å². The highest BCUT2D eigenvalue weighted by molar-refractivity contribution is 5.96. The van der Waals surface area contributed by atoms with Gasteiger partial charge in [0.05, 0.1) is 0 Å². The van der Waals surface area contributed by atoms with Crippen molar-refractivity contribution in [1.82, 2.24) is 19.5 Å². The third kappa shape index (κ3) is 3.44. The van der Waals surface area contributed by atoms with Crippen LogP contribution < -0.4 is 9.80 Å². The summed E-state index contributed by atoms with van der Waals surface area (Å²) in [6.07, 6.45) is 9.08. The lowest BCUT2D eigenvalue weighted by Crippen LogP contribution is -2.44. The average molecular weight is 403 g/mol. The van der Waals surface area contributed by atoms with E-state index in [1.807, 2.05) is 34.7 Å². The molecule has 0 N–H and O–H groups in total. The second kappa shape index (κ2) is 7.89. The predicted molar refractivity (Wildman–Crippen MR) is 116 cm³/mol. The lowest BCUT2D eigenvalue weighted by Gasteiger charge is -2.36. The first-order chi connectivity index (χ1) is 14.7. The third-order valence-corrected chi connectivity index (χ3v) is 6.26. The van der Waals surface area contributed by atoms with Crippen molar-refractivity contribution in [2.24, 2.45) is 5.92 Å². The van der Waals surface area contributed by atoms with Gasteiger partial charge in [0, 0.05) is 49.7 Å². The minimum absolute atomic E-state index is 0.0737. The molecule has 2 aliphatic rings. The highest BCUT2D eigenvalue weighted by atomic mass is 16.2. The standard InChI is InChI=1S/C23H26N6O/c1-17-24-10-14-28(17)22-15-21(25-16-26-22)27-12-8-19(9-13-27)23(30)29-11-4-6-18-5-2-3-7-20(18)29/h2-3,5,7,10,14-16,19H,4,6,8-9,11-13H2,1H3. The number of fused-ring (bicyclic) bond motifs is 1. The van der Waals surface area contributed by atoms with Crippen LogP contribution in [0.2, 0.25) is 0 Å². The normalized spacial score (nSPS) is 17.1. The maximum absolute atomic E-state index is 13.3. The van der Waals surface area contributed by atoms with Crippen LogP contribution in [0.15, 0.2) is 49.1 Å². The molecule has 0 bridgehead atoms. The maximum atomic E-state index is 13.3. The smallest absolute Gasteiger partial charge is 0.230 e. The molecular weight excluding hydrogens is 376 g/mol. The number of carbonyl (C=O) groups is 1. The van der Waals surface area contributed by atoms with Gasteiger partial charge >= 0.3 is 0 Å². The summed E-state index contributed by atoms with van der Waals surface area (Å²) in [6.45, 7) is 4.43. The molecular formula is C23H26N6O. The van der Waals surface area contributed by atoms with E-state index >= 15 is 0 Å². The van der Waals surface area contributed by atoms with Gasteiger partial charge in [-0.1, -0.05) is 18.2 Å². The van der Waals surface area contributed by atoms with E-state index in [4.69, 9.17) is 0 Å². The highest BCUT2D eigenvalue weighted by Crippen LogP contribution is 2.31. The second-order valence-electron chi connectivity index (χ2n) is 8.06. The molecule has 30 heavy (non-hydrogen) atoms. The molecule has 0 spiro atoms. The molecule has 1 fully saturated rings. The summed E-state index contributed by atoms with van der Waals surface area (Å²) in [5.41, 5.74) is 2.39.